The van der Waals surface area contributed by atoms with Crippen molar-refractivity contribution in [1.29, 1.82) is 0 Å². The van der Waals surface area contributed by atoms with Gasteiger partial charge in [0.1, 0.15) is 6.61 Å². The Morgan fingerprint density at radius 3 is 1.80 bits per heavy atom. The van der Waals surface area contributed by atoms with E-state index in [-0.39, 0.29) is 12.2 Å². The highest BCUT2D eigenvalue weighted by Gasteiger charge is 2.90. The molecule has 0 bridgehead atoms. The second kappa shape index (κ2) is 12.9. The van der Waals surface area contributed by atoms with Crippen molar-refractivity contribution >= 4 is 28.5 Å². The average molecular weight is 683 g/mol. The first-order valence-corrected chi connectivity index (χ1v) is 13.9. The molecule has 0 saturated carbocycles. The summed E-state index contributed by atoms with van der Waals surface area (Å²) in [6, 6.07) is 17.9. The van der Waals surface area contributed by atoms with E-state index < -0.39 is 60.5 Å². The van der Waals surface area contributed by atoms with Gasteiger partial charge < -0.3 is 4.74 Å². The molecule has 0 aliphatic heterocycles. The van der Waals surface area contributed by atoms with Crippen LogP contribution >= 0.6 is 11.8 Å². The standard InChI is InChI=1S/C29H23F13O2S/c1-17(16-45-22-11-10-20-4-2-3-5-21(20)14-22)23(43)44-15-19-8-6-18(7-9-19)12-13-24(30,31)25(32,33)26(34,35)27(36,37)28(38,39)29(40,41)42/h2-11,14,17H,12-13,15-16H2,1H3. The summed E-state index contributed by atoms with van der Waals surface area (Å²) in [6.07, 6.45) is -11.0. The van der Waals surface area contributed by atoms with E-state index in [0.717, 1.165) is 27.8 Å². The maximum Gasteiger partial charge on any atom is 0.460 e. The molecule has 0 N–H and O–H groups in total. The van der Waals surface area contributed by atoms with Gasteiger partial charge in [-0.2, -0.15) is 57.1 Å². The minimum atomic E-state index is -7.92. The van der Waals surface area contributed by atoms with Crippen molar-refractivity contribution in [3.63, 3.8) is 0 Å². The SMILES string of the molecule is CC(CSc1ccc2ccccc2c1)C(=O)OCc1ccc(CCC(F)(F)C(F)(F)C(F)(F)C(F)(F)C(F)(F)C(F)(F)F)cc1. The van der Waals surface area contributed by atoms with Crippen LogP contribution in [0.5, 0.6) is 0 Å². The van der Waals surface area contributed by atoms with Crippen molar-refractivity contribution in [2.45, 2.75) is 67.1 Å². The van der Waals surface area contributed by atoms with Gasteiger partial charge in [0.25, 0.3) is 0 Å². The number of aryl methyl sites for hydroxylation is 1. The van der Waals surface area contributed by atoms with Crippen LogP contribution in [0.25, 0.3) is 10.8 Å². The van der Waals surface area contributed by atoms with Crippen molar-refractivity contribution in [3.8, 4) is 0 Å². The number of carbonyl (C=O) groups excluding carboxylic acids is 1. The molecule has 0 aliphatic rings. The molecule has 1 unspecified atom stereocenters. The molecule has 3 rings (SSSR count). The van der Waals surface area contributed by atoms with Crippen molar-refractivity contribution in [2.24, 2.45) is 5.92 Å². The molecule has 248 valence electrons. The number of hydrogen-bond acceptors (Lipinski definition) is 3. The van der Waals surface area contributed by atoms with Gasteiger partial charge in [0.15, 0.2) is 0 Å². The van der Waals surface area contributed by atoms with E-state index in [1.807, 2.05) is 42.5 Å². The summed E-state index contributed by atoms with van der Waals surface area (Å²) >= 11 is 1.42. The highest BCUT2D eigenvalue weighted by Crippen LogP contribution is 2.60. The number of esters is 1. The summed E-state index contributed by atoms with van der Waals surface area (Å²) in [6.45, 7) is 1.33. The number of carbonyl (C=O) groups is 1. The summed E-state index contributed by atoms with van der Waals surface area (Å²) in [4.78, 5) is 13.3. The molecule has 0 amide bonds. The lowest BCUT2D eigenvalue weighted by atomic mass is 9.91. The van der Waals surface area contributed by atoms with Crippen LogP contribution in [-0.4, -0.2) is 47.5 Å². The van der Waals surface area contributed by atoms with E-state index in [4.69, 9.17) is 4.74 Å². The molecule has 45 heavy (non-hydrogen) atoms. The predicted molar refractivity (Wildman–Crippen MR) is 139 cm³/mol. The van der Waals surface area contributed by atoms with Gasteiger partial charge in [0.2, 0.25) is 0 Å². The predicted octanol–water partition coefficient (Wildman–Crippen LogP) is 9.98. The van der Waals surface area contributed by atoms with E-state index in [2.05, 4.69) is 0 Å². The van der Waals surface area contributed by atoms with Crippen LogP contribution < -0.4 is 0 Å². The zero-order valence-corrected chi connectivity index (χ0v) is 23.7. The Balaban J connectivity index is 1.55. The molecule has 0 radical (unpaired) electrons. The minimum Gasteiger partial charge on any atom is -0.461 e. The van der Waals surface area contributed by atoms with Crippen molar-refractivity contribution in [2.75, 3.05) is 5.75 Å². The number of ether oxygens (including phenoxy) is 1. The topological polar surface area (TPSA) is 26.3 Å². The molecule has 3 aromatic carbocycles. The van der Waals surface area contributed by atoms with Gasteiger partial charge in [-0.3, -0.25) is 4.79 Å². The van der Waals surface area contributed by atoms with Gasteiger partial charge in [-0.15, -0.1) is 11.8 Å². The zero-order chi connectivity index (χ0) is 34.1. The van der Waals surface area contributed by atoms with E-state index >= 15 is 0 Å². The molecule has 0 aliphatic carbocycles. The highest BCUT2D eigenvalue weighted by molar-refractivity contribution is 7.99. The second-order valence-electron chi connectivity index (χ2n) is 10.1. The number of rotatable bonds is 13. The van der Waals surface area contributed by atoms with Gasteiger partial charge in [0, 0.05) is 17.1 Å². The van der Waals surface area contributed by atoms with Crippen LogP contribution in [0.2, 0.25) is 0 Å². The fourth-order valence-corrected chi connectivity index (χ4v) is 4.86. The first-order chi connectivity index (χ1) is 20.5. The summed E-state index contributed by atoms with van der Waals surface area (Å²) < 4.78 is 178. The molecule has 0 aromatic heterocycles. The van der Waals surface area contributed by atoms with Crippen LogP contribution in [0.15, 0.2) is 71.6 Å². The number of fused-ring (bicyclic) bond motifs is 1. The van der Waals surface area contributed by atoms with E-state index in [9.17, 15) is 61.9 Å². The number of halogens is 13. The maximum atomic E-state index is 14.1. The summed E-state index contributed by atoms with van der Waals surface area (Å²) in [5.74, 6) is -37.7. The van der Waals surface area contributed by atoms with Crippen LogP contribution in [0, 0.1) is 5.92 Å². The first-order valence-electron chi connectivity index (χ1n) is 12.9. The third-order valence-corrected chi connectivity index (χ3v) is 8.01. The van der Waals surface area contributed by atoms with E-state index in [1.165, 1.54) is 23.9 Å². The molecule has 2 nitrogen and oxygen atoms in total. The van der Waals surface area contributed by atoms with Crippen LogP contribution in [-0.2, 0) is 22.6 Å². The normalized spacial score (nSPS) is 14.4. The molecule has 0 fully saturated rings. The van der Waals surface area contributed by atoms with E-state index in [0.29, 0.717) is 11.3 Å². The Kier molecular flexibility index (Phi) is 10.4. The summed E-state index contributed by atoms with van der Waals surface area (Å²) in [7, 11) is 0. The molecule has 1 atom stereocenters. The summed E-state index contributed by atoms with van der Waals surface area (Å²) in [5.41, 5.74) is 0.0514. The molecule has 3 aromatic rings. The molecular formula is C29H23F13O2S. The van der Waals surface area contributed by atoms with Crippen molar-refractivity contribution in [3.05, 3.63) is 77.9 Å². The Morgan fingerprint density at radius 1 is 0.689 bits per heavy atom. The fraction of sp³-hybridized carbons (Fsp3) is 0.414. The monoisotopic (exact) mass is 682 g/mol. The molecule has 0 spiro atoms. The third-order valence-electron chi connectivity index (χ3n) is 6.75. The quantitative estimate of drug-likeness (QED) is 0.102. The van der Waals surface area contributed by atoms with Crippen molar-refractivity contribution in [1.82, 2.24) is 0 Å². The Labute approximate surface area is 251 Å². The summed E-state index contributed by atoms with van der Waals surface area (Å²) in [5, 5.41) is 2.06. The van der Waals surface area contributed by atoms with Crippen LogP contribution in [0.3, 0.4) is 0 Å². The van der Waals surface area contributed by atoms with E-state index in [1.54, 1.807) is 6.92 Å². The van der Waals surface area contributed by atoms with Crippen molar-refractivity contribution < 1.29 is 66.6 Å². The molecule has 0 heterocycles. The Bertz CT molecular complexity index is 1470. The van der Waals surface area contributed by atoms with Gasteiger partial charge in [-0.25, -0.2) is 0 Å². The smallest absolute Gasteiger partial charge is 0.460 e. The molecular weight excluding hydrogens is 659 g/mol. The number of hydrogen-bond donors (Lipinski definition) is 0. The lowest BCUT2D eigenvalue weighted by Gasteiger charge is -2.39. The molecule has 0 saturated heterocycles. The number of benzene rings is 3. The fourth-order valence-electron chi connectivity index (χ4n) is 3.91. The van der Waals surface area contributed by atoms with Gasteiger partial charge in [-0.1, -0.05) is 61.5 Å². The number of alkyl halides is 13. The van der Waals surface area contributed by atoms with Crippen LogP contribution in [0.1, 0.15) is 24.5 Å². The molecule has 16 heteroatoms. The lowest BCUT2D eigenvalue weighted by molar-refractivity contribution is -0.440. The maximum absolute atomic E-state index is 14.1. The van der Waals surface area contributed by atoms with Gasteiger partial charge >= 0.3 is 41.8 Å². The number of thioether (sulfide) groups is 1. The zero-order valence-electron chi connectivity index (χ0n) is 22.9. The minimum absolute atomic E-state index is 0.239. The largest absolute Gasteiger partial charge is 0.461 e. The Morgan fingerprint density at radius 2 is 1.22 bits per heavy atom. The second-order valence-corrected chi connectivity index (χ2v) is 11.2. The lowest BCUT2D eigenvalue weighted by Crippen LogP contribution is -2.70. The average Bonchev–Trinajstić information content (AvgIpc) is 2.97. The third kappa shape index (κ3) is 7.30. The van der Waals surface area contributed by atoms with Crippen LogP contribution in [0.4, 0.5) is 57.1 Å². The van der Waals surface area contributed by atoms with Gasteiger partial charge in [0.05, 0.1) is 5.92 Å². The van der Waals surface area contributed by atoms with Gasteiger partial charge in [-0.05, 0) is 40.5 Å². The highest BCUT2D eigenvalue weighted by atomic mass is 32.2. The first kappa shape index (κ1) is 36.3. The Hall–Kier alpha value is -3.17.